The van der Waals surface area contributed by atoms with E-state index in [1.807, 2.05) is 25.1 Å². The van der Waals surface area contributed by atoms with Crippen molar-refractivity contribution < 1.29 is 9.47 Å². The first-order valence-electron chi connectivity index (χ1n) is 5.15. The van der Waals surface area contributed by atoms with Gasteiger partial charge in [0.1, 0.15) is 5.60 Å². The highest BCUT2D eigenvalue weighted by Crippen LogP contribution is 2.29. The van der Waals surface area contributed by atoms with Crippen LogP contribution in [0.2, 0.25) is 0 Å². The van der Waals surface area contributed by atoms with Crippen LogP contribution in [-0.4, -0.2) is 22.3 Å². The van der Waals surface area contributed by atoms with Gasteiger partial charge in [-0.05, 0) is 24.7 Å². The molecule has 1 aliphatic heterocycles. The predicted molar refractivity (Wildman–Crippen MR) is 70.6 cm³/mol. The van der Waals surface area contributed by atoms with E-state index in [2.05, 4.69) is 12.1 Å². The molecule has 4 heteroatoms. The van der Waals surface area contributed by atoms with Crippen LogP contribution in [0.1, 0.15) is 12.5 Å². The molecule has 16 heavy (non-hydrogen) atoms. The summed E-state index contributed by atoms with van der Waals surface area (Å²) < 4.78 is 11.8. The Morgan fingerprint density at radius 3 is 2.81 bits per heavy atom. The number of hydrogen-bond acceptors (Lipinski definition) is 4. The third kappa shape index (κ3) is 3.20. The highest BCUT2D eigenvalue weighted by molar-refractivity contribution is 8.22. The standard InChI is InChI=1S/C12H14O2S2/c1-12(9-16-11(15)14-12)8-13-7-10-5-3-2-4-6-10/h2-6H,7-9H2,1H3. The Morgan fingerprint density at radius 2 is 2.19 bits per heavy atom. The van der Waals surface area contributed by atoms with Crippen LogP contribution in [0.5, 0.6) is 0 Å². The number of thioether (sulfide) groups is 1. The van der Waals surface area contributed by atoms with Crippen LogP contribution < -0.4 is 0 Å². The van der Waals surface area contributed by atoms with Gasteiger partial charge in [0.2, 0.25) is 4.38 Å². The molecule has 1 unspecified atom stereocenters. The fraction of sp³-hybridized carbons (Fsp3) is 0.417. The number of rotatable bonds is 4. The molecule has 1 heterocycles. The van der Waals surface area contributed by atoms with E-state index in [-0.39, 0.29) is 5.60 Å². The van der Waals surface area contributed by atoms with E-state index in [0.29, 0.717) is 17.6 Å². The first-order chi connectivity index (χ1) is 7.68. The zero-order valence-corrected chi connectivity index (χ0v) is 10.8. The Balaban J connectivity index is 1.78. The maximum absolute atomic E-state index is 5.66. The lowest BCUT2D eigenvalue weighted by molar-refractivity contribution is -0.00592. The minimum absolute atomic E-state index is 0.253. The third-order valence-corrected chi connectivity index (χ3v) is 3.85. The second kappa shape index (κ2) is 5.17. The van der Waals surface area contributed by atoms with E-state index < -0.39 is 0 Å². The fourth-order valence-electron chi connectivity index (χ4n) is 1.50. The molecule has 2 rings (SSSR count). The number of ether oxygens (including phenoxy) is 2. The number of thiocarbonyl (C=S) groups is 1. The van der Waals surface area contributed by atoms with E-state index >= 15 is 0 Å². The number of hydrogen-bond donors (Lipinski definition) is 0. The van der Waals surface area contributed by atoms with E-state index in [1.165, 1.54) is 5.56 Å². The van der Waals surface area contributed by atoms with Crippen LogP contribution in [0.15, 0.2) is 30.3 Å². The number of benzene rings is 1. The van der Waals surface area contributed by atoms with Crippen molar-refractivity contribution in [2.24, 2.45) is 0 Å². The summed E-state index contributed by atoms with van der Waals surface area (Å²) in [5, 5.41) is 0. The summed E-state index contributed by atoms with van der Waals surface area (Å²) >= 11 is 6.58. The summed E-state index contributed by atoms with van der Waals surface area (Å²) in [6.07, 6.45) is 0. The van der Waals surface area contributed by atoms with Gasteiger partial charge < -0.3 is 9.47 Å². The highest BCUT2D eigenvalue weighted by atomic mass is 32.2. The first kappa shape index (κ1) is 11.9. The molecule has 1 aliphatic rings. The minimum atomic E-state index is -0.253. The van der Waals surface area contributed by atoms with Crippen molar-refractivity contribution in [2.75, 3.05) is 12.4 Å². The van der Waals surface area contributed by atoms with Crippen LogP contribution in [0.25, 0.3) is 0 Å². The third-order valence-electron chi connectivity index (χ3n) is 2.34. The SMILES string of the molecule is CC1(COCc2ccccc2)CSC(=S)O1. The van der Waals surface area contributed by atoms with Crippen LogP contribution >= 0.6 is 24.0 Å². The highest BCUT2D eigenvalue weighted by Gasteiger charge is 2.34. The molecule has 0 spiro atoms. The van der Waals surface area contributed by atoms with Crippen molar-refractivity contribution >= 4 is 28.4 Å². The normalized spacial score (nSPS) is 24.4. The Hall–Kier alpha value is -0.580. The van der Waals surface area contributed by atoms with Crippen LogP contribution in [0.3, 0.4) is 0 Å². The van der Waals surface area contributed by atoms with Crippen molar-refractivity contribution in [1.29, 1.82) is 0 Å². The van der Waals surface area contributed by atoms with Crippen molar-refractivity contribution in [2.45, 2.75) is 19.1 Å². The van der Waals surface area contributed by atoms with Gasteiger partial charge in [-0.25, -0.2) is 0 Å². The summed E-state index contributed by atoms with van der Waals surface area (Å²) in [6, 6.07) is 10.1. The van der Waals surface area contributed by atoms with Gasteiger partial charge in [-0.2, -0.15) is 0 Å². The molecule has 1 aromatic rings. The molecule has 1 saturated heterocycles. The van der Waals surface area contributed by atoms with Gasteiger partial charge in [0.25, 0.3) is 0 Å². The van der Waals surface area contributed by atoms with E-state index in [4.69, 9.17) is 21.7 Å². The molecule has 0 amide bonds. The zero-order chi connectivity index (χ0) is 11.4. The largest absolute Gasteiger partial charge is 0.469 e. The van der Waals surface area contributed by atoms with E-state index in [9.17, 15) is 0 Å². The Morgan fingerprint density at radius 1 is 1.44 bits per heavy atom. The Labute approximate surface area is 105 Å². The molecule has 86 valence electrons. The summed E-state index contributed by atoms with van der Waals surface area (Å²) in [4.78, 5) is 0. The fourth-order valence-corrected chi connectivity index (χ4v) is 2.71. The lowest BCUT2D eigenvalue weighted by Crippen LogP contribution is -2.33. The van der Waals surface area contributed by atoms with Crippen molar-refractivity contribution in [3.8, 4) is 0 Å². The molecule has 0 radical (unpaired) electrons. The summed E-state index contributed by atoms with van der Waals surface area (Å²) in [5.41, 5.74) is 0.926. The van der Waals surface area contributed by atoms with E-state index in [0.717, 1.165) is 5.75 Å². The average Bonchev–Trinajstić information content (AvgIpc) is 2.60. The van der Waals surface area contributed by atoms with Gasteiger partial charge in [-0.1, -0.05) is 42.1 Å². The molecule has 1 fully saturated rings. The van der Waals surface area contributed by atoms with Crippen LogP contribution in [0.4, 0.5) is 0 Å². The lowest BCUT2D eigenvalue weighted by atomic mass is 10.1. The van der Waals surface area contributed by atoms with E-state index in [1.54, 1.807) is 11.8 Å². The van der Waals surface area contributed by atoms with Gasteiger partial charge >= 0.3 is 0 Å². The van der Waals surface area contributed by atoms with Gasteiger partial charge in [0.15, 0.2) is 0 Å². The summed E-state index contributed by atoms with van der Waals surface area (Å²) in [6.45, 7) is 3.23. The molecule has 0 N–H and O–H groups in total. The smallest absolute Gasteiger partial charge is 0.220 e. The second-order valence-electron chi connectivity index (χ2n) is 4.07. The van der Waals surface area contributed by atoms with Crippen molar-refractivity contribution in [3.05, 3.63) is 35.9 Å². The molecule has 1 aromatic carbocycles. The van der Waals surface area contributed by atoms with Gasteiger partial charge in [-0.15, -0.1) is 0 Å². The van der Waals surface area contributed by atoms with Crippen molar-refractivity contribution in [3.63, 3.8) is 0 Å². The van der Waals surface area contributed by atoms with Crippen LogP contribution in [0, 0.1) is 0 Å². The Bertz CT molecular complexity index is 367. The quantitative estimate of drug-likeness (QED) is 0.769. The van der Waals surface area contributed by atoms with Crippen LogP contribution in [-0.2, 0) is 16.1 Å². The monoisotopic (exact) mass is 254 g/mol. The molecule has 0 saturated carbocycles. The molecule has 1 atom stereocenters. The molecule has 0 aromatic heterocycles. The molecular formula is C12H14O2S2. The van der Waals surface area contributed by atoms with Gasteiger partial charge in [-0.3, -0.25) is 0 Å². The summed E-state index contributed by atoms with van der Waals surface area (Å²) in [7, 11) is 0. The molecule has 0 bridgehead atoms. The summed E-state index contributed by atoms with van der Waals surface area (Å²) in [5.74, 6) is 0.876. The minimum Gasteiger partial charge on any atom is -0.469 e. The van der Waals surface area contributed by atoms with Gasteiger partial charge in [0, 0.05) is 5.75 Å². The van der Waals surface area contributed by atoms with Gasteiger partial charge in [0.05, 0.1) is 13.2 Å². The maximum atomic E-state index is 5.66. The maximum Gasteiger partial charge on any atom is 0.220 e. The second-order valence-corrected chi connectivity index (χ2v) is 5.65. The van der Waals surface area contributed by atoms with Crippen molar-refractivity contribution in [1.82, 2.24) is 0 Å². The molecule has 0 aliphatic carbocycles. The Kier molecular flexibility index (Phi) is 3.84. The zero-order valence-electron chi connectivity index (χ0n) is 9.14. The first-order valence-corrected chi connectivity index (χ1v) is 6.55. The predicted octanol–water partition coefficient (Wildman–Crippen LogP) is 3.01. The molecular weight excluding hydrogens is 240 g/mol. The topological polar surface area (TPSA) is 18.5 Å². The lowest BCUT2D eigenvalue weighted by Gasteiger charge is -2.21. The average molecular weight is 254 g/mol. The molecule has 2 nitrogen and oxygen atoms in total.